The zero-order valence-electron chi connectivity index (χ0n) is 13.9. The Hall–Kier alpha value is -1.11. The van der Waals surface area contributed by atoms with Gasteiger partial charge in [-0.2, -0.15) is 0 Å². The Balaban J connectivity index is 1.72. The summed E-state index contributed by atoms with van der Waals surface area (Å²) in [6, 6.07) is 0. The van der Waals surface area contributed by atoms with Crippen LogP contribution in [-0.2, 0) is 4.79 Å². The fourth-order valence-electron chi connectivity index (χ4n) is 6.60. The summed E-state index contributed by atoms with van der Waals surface area (Å²) >= 11 is 0. The minimum Gasteiger partial charge on any atom is -0.295 e. The standard InChI is InChI=1S/C21H28O/c1-4-21-12-10-18-17(19(21)8-5-14(21)2)7-6-15-13-16(22)9-11-20(15,18)3/h4,13,17-19H,1-2,5-12H2,3H3/t17-,18+,19+,20+,21-/m1/s1. The van der Waals surface area contributed by atoms with Crippen LogP contribution in [0.1, 0.15) is 58.3 Å². The molecule has 0 aromatic heterocycles. The minimum absolute atomic E-state index is 0.225. The lowest BCUT2D eigenvalue weighted by molar-refractivity contribution is -0.117. The summed E-state index contributed by atoms with van der Waals surface area (Å²) < 4.78 is 0. The van der Waals surface area contributed by atoms with Gasteiger partial charge >= 0.3 is 0 Å². The van der Waals surface area contributed by atoms with Crippen molar-refractivity contribution in [1.82, 2.24) is 0 Å². The maximum absolute atomic E-state index is 11.8. The number of hydrogen-bond donors (Lipinski definition) is 0. The molecule has 0 aromatic carbocycles. The second-order valence-corrected chi connectivity index (χ2v) is 8.39. The van der Waals surface area contributed by atoms with E-state index < -0.39 is 0 Å². The van der Waals surface area contributed by atoms with Gasteiger partial charge in [0.25, 0.3) is 0 Å². The SMILES string of the molecule is C=C[C@]12CC[C@H]3[C@@H](CCC4=CC(=O)CC[C@@]43C)[C@@H]1CCC2=C. The molecular weight excluding hydrogens is 268 g/mol. The van der Waals surface area contributed by atoms with E-state index in [1.165, 1.54) is 43.3 Å². The minimum atomic E-state index is 0.225. The van der Waals surface area contributed by atoms with Crippen molar-refractivity contribution in [3.05, 3.63) is 36.5 Å². The molecule has 0 bridgehead atoms. The van der Waals surface area contributed by atoms with E-state index in [0.717, 1.165) is 37.0 Å². The lowest BCUT2D eigenvalue weighted by Gasteiger charge is -2.57. The van der Waals surface area contributed by atoms with Gasteiger partial charge in [-0.25, -0.2) is 0 Å². The zero-order valence-corrected chi connectivity index (χ0v) is 13.9. The number of fused-ring (bicyclic) bond motifs is 5. The van der Waals surface area contributed by atoms with Crippen molar-refractivity contribution in [2.24, 2.45) is 28.6 Å². The highest BCUT2D eigenvalue weighted by Crippen LogP contribution is 2.66. The first kappa shape index (κ1) is 14.5. The van der Waals surface area contributed by atoms with E-state index in [2.05, 4.69) is 26.2 Å². The number of allylic oxidation sites excluding steroid dienone is 3. The molecule has 0 spiro atoms. The monoisotopic (exact) mass is 296 g/mol. The molecule has 3 fully saturated rings. The average molecular weight is 296 g/mol. The van der Waals surface area contributed by atoms with Crippen molar-refractivity contribution in [2.75, 3.05) is 0 Å². The van der Waals surface area contributed by atoms with Gasteiger partial charge in [0.2, 0.25) is 0 Å². The second-order valence-electron chi connectivity index (χ2n) is 8.39. The Kier molecular flexibility index (Phi) is 3.09. The summed E-state index contributed by atoms with van der Waals surface area (Å²) in [6.07, 6.45) is 13.5. The van der Waals surface area contributed by atoms with Crippen LogP contribution < -0.4 is 0 Å². The molecule has 0 saturated heterocycles. The Bertz CT molecular complexity index is 583. The molecule has 0 radical (unpaired) electrons. The van der Waals surface area contributed by atoms with Gasteiger partial charge in [-0.1, -0.05) is 30.7 Å². The van der Waals surface area contributed by atoms with Crippen molar-refractivity contribution in [2.45, 2.75) is 58.3 Å². The van der Waals surface area contributed by atoms with Crippen molar-refractivity contribution in [3.8, 4) is 0 Å². The van der Waals surface area contributed by atoms with Crippen LogP contribution in [0.25, 0.3) is 0 Å². The summed E-state index contributed by atoms with van der Waals surface area (Å²) in [5.41, 5.74) is 3.42. The molecule has 0 heterocycles. The largest absolute Gasteiger partial charge is 0.295 e. The van der Waals surface area contributed by atoms with E-state index in [9.17, 15) is 4.79 Å². The van der Waals surface area contributed by atoms with Gasteiger partial charge in [-0.15, -0.1) is 6.58 Å². The summed E-state index contributed by atoms with van der Waals surface area (Å²) in [7, 11) is 0. The predicted molar refractivity (Wildman–Crippen MR) is 90.4 cm³/mol. The molecule has 4 aliphatic carbocycles. The Morgan fingerprint density at radius 3 is 2.73 bits per heavy atom. The second kappa shape index (κ2) is 4.69. The van der Waals surface area contributed by atoms with E-state index in [1.54, 1.807) is 0 Å². The molecule has 4 aliphatic rings. The Morgan fingerprint density at radius 1 is 1.14 bits per heavy atom. The molecule has 5 atom stereocenters. The van der Waals surface area contributed by atoms with Crippen molar-refractivity contribution in [1.29, 1.82) is 0 Å². The van der Waals surface area contributed by atoms with Crippen LogP contribution in [0.15, 0.2) is 36.5 Å². The summed E-state index contributed by atoms with van der Waals surface area (Å²) in [5, 5.41) is 0. The predicted octanol–water partition coefficient (Wildman–Crippen LogP) is 5.24. The number of hydrogen-bond acceptors (Lipinski definition) is 1. The van der Waals surface area contributed by atoms with Gasteiger partial charge in [-0.3, -0.25) is 4.79 Å². The van der Waals surface area contributed by atoms with Crippen LogP contribution in [0.3, 0.4) is 0 Å². The summed E-state index contributed by atoms with van der Waals surface area (Å²) in [5.74, 6) is 2.69. The van der Waals surface area contributed by atoms with Crippen LogP contribution >= 0.6 is 0 Å². The third kappa shape index (κ3) is 1.69. The zero-order chi connectivity index (χ0) is 15.5. The summed E-state index contributed by atoms with van der Waals surface area (Å²) in [6.45, 7) is 11.0. The average Bonchev–Trinajstić information content (AvgIpc) is 2.86. The van der Waals surface area contributed by atoms with E-state index in [1.807, 2.05) is 6.08 Å². The fraction of sp³-hybridized carbons (Fsp3) is 0.667. The molecule has 1 heteroatoms. The molecule has 0 aliphatic heterocycles. The van der Waals surface area contributed by atoms with Crippen LogP contribution in [-0.4, -0.2) is 5.78 Å². The molecule has 0 amide bonds. The van der Waals surface area contributed by atoms with E-state index in [0.29, 0.717) is 5.78 Å². The molecular formula is C21H28O. The molecule has 22 heavy (non-hydrogen) atoms. The molecule has 118 valence electrons. The van der Waals surface area contributed by atoms with Gasteiger partial charge in [-0.05, 0) is 74.2 Å². The molecule has 0 unspecified atom stereocenters. The first-order chi connectivity index (χ1) is 10.5. The summed E-state index contributed by atoms with van der Waals surface area (Å²) in [4.78, 5) is 11.8. The maximum atomic E-state index is 11.8. The molecule has 0 N–H and O–H groups in total. The Labute approximate surface area is 134 Å². The van der Waals surface area contributed by atoms with E-state index in [4.69, 9.17) is 0 Å². The fourth-order valence-corrected chi connectivity index (χ4v) is 6.60. The smallest absolute Gasteiger partial charge is 0.155 e. The Morgan fingerprint density at radius 2 is 1.95 bits per heavy atom. The molecule has 3 saturated carbocycles. The van der Waals surface area contributed by atoms with Gasteiger partial charge in [0, 0.05) is 11.8 Å². The topological polar surface area (TPSA) is 17.1 Å². The van der Waals surface area contributed by atoms with Crippen LogP contribution in [0.2, 0.25) is 0 Å². The quantitative estimate of drug-likeness (QED) is 0.605. The van der Waals surface area contributed by atoms with Crippen LogP contribution in [0, 0.1) is 28.6 Å². The highest BCUT2D eigenvalue weighted by molar-refractivity contribution is 5.91. The van der Waals surface area contributed by atoms with Crippen molar-refractivity contribution in [3.63, 3.8) is 0 Å². The third-order valence-electron chi connectivity index (χ3n) is 7.87. The lowest BCUT2D eigenvalue weighted by Crippen LogP contribution is -2.49. The highest BCUT2D eigenvalue weighted by atomic mass is 16.1. The number of ketones is 1. The first-order valence-corrected chi connectivity index (χ1v) is 9.07. The highest BCUT2D eigenvalue weighted by Gasteiger charge is 2.57. The maximum Gasteiger partial charge on any atom is 0.155 e. The van der Waals surface area contributed by atoms with Crippen LogP contribution in [0.4, 0.5) is 0 Å². The number of rotatable bonds is 1. The van der Waals surface area contributed by atoms with Gasteiger partial charge in [0.15, 0.2) is 5.78 Å². The van der Waals surface area contributed by atoms with Gasteiger partial charge < -0.3 is 0 Å². The van der Waals surface area contributed by atoms with Crippen LogP contribution in [0.5, 0.6) is 0 Å². The van der Waals surface area contributed by atoms with Gasteiger partial charge in [0.05, 0.1) is 0 Å². The number of carbonyl (C=O) groups is 1. The molecule has 4 rings (SSSR count). The van der Waals surface area contributed by atoms with Crippen molar-refractivity contribution < 1.29 is 4.79 Å². The molecule has 0 aromatic rings. The van der Waals surface area contributed by atoms with Crippen molar-refractivity contribution >= 4 is 5.78 Å². The number of carbonyl (C=O) groups excluding carboxylic acids is 1. The normalized spacial score (nSPS) is 47.3. The lowest BCUT2D eigenvalue weighted by atomic mass is 9.47. The van der Waals surface area contributed by atoms with E-state index >= 15 is 0 Å². The third-order valence-corrected chi connectivity index (χ3v) is 7.87. The van der Waals surface area contributed by atoms with E-state index in [-0.39, 0.29) is 10.8 Å². The van der Waals surface area contributed by atoms with Gasteiger partial charge in [0.1, 0.15) is 0 Å². The first-order valence-electron chi connectivity index (χ1n) is 9.07. The molecule has 1 nitrogen and oxygen atoms in total.